The van der Waals surface area contributed by atoms with Crippen LogP contribution in [0.1, 0.15) is 43.0 Å². The van der Waals surface area contributed by atoms with E-state index in [0.29, 0.717) is 6.42 Å². The lowest BCUT2D eigenvalue weighted by Crippen LogP contribution is -2.31. The SMILES string of the molecule is CCc1ccc([C@@H](C)NC(=O)COC(=O)CCc2ccc(OC)cc2)cc1. The molecule has 144 valence electrons. The Hall–Kier alpha value is -2.82. The zero-order valence-corrected chi connectivity index (χ0v) is 16.2. The first kappa shape index (κ1) is 20.5. The van der Waals surface area contributed by atoms with Crippen molar-refractivity contribution in [2.75, 3.05) is 13.7 Å². The molecule has 0 bridgehead atoms. The lowest BCUT2D eigenvalue weighted by atomic mass is 10.1. The summed E-state index contributed by atoms with van der Waals surface area (Å²) in [6, 6.07) is 15.5. The number of ether oxygens (including phenoxy) is 2. The molecule has 1 amide bonds. The molecule has 0 heterocycles. The Kier molecular flexibility index (Phi) is 7.86. The summed E-state index contributed by atoms with van der Waals surface area (Å²) in [6.45, 7) is 3.74. The smallest absolute Gasteiger partial charge is 0.306 e. The van der Waals surface area contributed by atoms with Crippen LogP contribution < -0.4 is 10.1 Å². The Morgan fingerprint density at radius 3 is 2.22 bits per heavy atom. The third kappa shape index (κ3) is 6.77. The fourth-order valence-electron chi connectivity index (χ4n) is 2.67. The number of hydrogen-bond acceptors (Lipinski definition) is 4. The van der Waals surface area contributed by atoms with Crippen molar-refractivity contribution >= 4 is 11.9 Å². The van der Waals surface area contributed by atoms with E-state index in [1.54, 1.807) is 7.11 Å². The van der Waals surface area contributed by atoms with Crippen LogP contribution in [0.25, 0.3) is 0 Å². The van der Waals surface area contributed by atoms with E-state index in [-0.39, 0.29) is 30.9 Å². The van der Waals surface area contributed by atoms with Crippen molar-refractivity contribution in [2.24, 2.45) is 0 Å². The van der Waals surface area contributed by atoms with E-state index in [4.69, 9.17) is 9.47 Å². The molecule has 0 aliphatic rings. The van der Waals surface area contributed by atoms with Gasteiger partial charge in [-0.15, -0.1) is 0 Å². The average molecular weight is 369 g/mol. The summed E-state index contributed by atoms with van der Waals surface area (Å²) in [5.74, 6) is 0.0808. The van der Waals surface area contributed by atoms with Gasteiger partial charge in [-0.05, 0) is 48.6 Å². The third-order valence-electron chi connectivity index (χ3n) is 4.41. The third-order valence-corrected chi connectivity index (χ3v) is 4.41. The Balaban J connectivity index is 1.71. The van der Waals surface area contributed by atoms with Crippen molar-refractivity contribution in [1.29, 1.82) is 0 Å². The molecule has 1 atom stereocenters. The summed E-state index contributed by atoms with van der Waals surface area (Å²) in [5, 5.41) is 2.85. The number of nitrogens with one attached hydrogen (secondary N) is 1. The minimum absolute atomic E-state index is 0.138. The second-order valence-corrected chi connectivity index (χ2v) is 6.39. The minimum Gasteiger partial charge on any atom is -0.497 e. The Morgan fingerprint density at radius 1 is 1.00 bits per heavy atom. The molecule has 0 spiro atoms. The van der Waals surface area contributed by atoms with Gasteiger partial charge in [-0.2, -0.15) is 0 Å². The van der Waals surface area contributed by atoms with Gasteiger partial charge in [0.05, 0.1) is 13.2 Å². The monoisotopic (exact) mass is 369 g/mol. The number of esters is 1. The number of benzene rings is 2. The Bertz CT molecular complexity index is 738. The largest absolute Gasteiger partial charge is 0.497 e. The molecular weight excluding hydrogens is 342 g/mol. The van der Waals surface area contributed by atoms with E-state index >= 15 is 0 Å². The number of rotatable bonds is 9. The quantitative estimate of drug-likeness (QED) is 0.686. The summed E-state index contributed by atoms with van der Waals surface area (Å²) in [4.78, 5) is 23.8. The zero-order valence-electron chi connectivity index (χ0n) is 16.2. The van der Waals surface area contributed by atoms with E-state index < -0.39 is 0 Å². The first-order valence-corrected chi connectivity index (χ1v) is 9.18. The highest BCUT2D eigenvalue weighted by Gasteiger charge is 2.12. The molecule has 0 saturated carbocycles. The van der Waals surface area contributed by atoms with Crippen LogP contribution in [0.2, 0.25) is 0 Å². The maximum atomic E-state index is 12.0. The molecule has 0 aliphatic heterocycles. The van der Waals surface area contributed by atoms with Gasteiger partial charge in [0.2, 0.25) is 0 Å². The Labute approximate surface area is 160 Å². The summed E-state index contributed by atoms with van der Waals surface area (Å²) in [7, 11) is 1.61. The van der Waals surface area contributed by atoms with E-state index in [0.717, 1.165) is 23.3 Å². The molecule has 0 radical (unpaired) electrons. The molecule has 0 aliphatic carbocycles. The number of hydrogen-bond donors (Lipinski definition) is 1. The van der Waals surface area contributed by atoms with Crippen LogP contribution in [-0.4, -0.2) is 25.6 Å². The number of carbonyl (C=O) groups excluding carboxylic acids is 2. The van der Waals surface area contributed by atoms with Crippen LogP contribution in [0.3, 0.4) is 0 Å². The van der Waals surface area contributed by atoms with Crippen LogP contribution in [0.4, 0.5) is 0 Å². The standard InChI is InChI=1S/C22H27NO4/c1-4-17-5-10-19(11-6-17)16(2)23-21(24)15-27-22(25)14-9-18-7-12-20(26-3)13-8-18/h5-8,10-13,16H,4,9,14-15H2,1-3H3,(H,23,24)/t16-/m1/s1. The first-order valence-electron chi connectivity index (χ1n) is 9.18. The van der Waals surface area contributed by atoms with E-state index in [1.807, 2.05) is 43.3 Å². The maximum Gasteiger partial charge on any atom is 0.306 e. The van der Waals surface area contributed by atoms with Crippen LogP contribution in [0, 0.1) is 0 Å². The van der Waals surface area contributed by atoms with Crippen LogP contribution in [0.5, 0.6) is 5.75 Å². The second kappa shape index (κ2) is 10.4. The lowest BCUT2D eigenvalue weighted by molar-refractivity contribution is -0.148. The summed E-state index contributed by atoms with van der Waals surface area (Å²) in [5.41, 5.74) is 3.29. The average Bonchev–Trinajstić information content (AvgIpc) is 2.71. The first-order chi connectivity index (χ1) is 13.0. The van der Waals surface area contributed by atoms with Crippen molar-refractivity contribution < 1.29 is 19.1 Å². The molecule has 1 N–H and O–H groups in total. The van der Waals surface area contributed by atoms with Gasteiger partial charge in [0.25, 0.3) is 5.91 Å². The van der Waals surface area contributed by atoms with Gasteiger partial charge >= 0.3 is 5.97 Å². The van der Waals surface area contributed by atoms with Crippen molar-refractivity contribution in [3.8, 4) is 5.75 Å². The maximum absolute atomic E-state index is 12.0. The molecule has 5 nitrogen and oxygen atoms in total. The molecule has 0 saturated heterocycles. The predicted molar refractivity (Wildman–Crippen MR) is 105 cm³/mol. The topological polar surface area (TPSA) is 64.6 Å². The van der Waals surface area contributed by atoms with Gasteiger partial charge in [0, 0.05) is 6.42 Å². The van der Waals surface area contributed by atoms with Crippen LogP contribution in [0.15, 0.2) is 48.5 Å². The molecule has 0 fully saturated rings. The summed E-state index contributed by atoms with van der Waals surface area (Å²) in [6.07, 6.45) is 1.77. The van der Waals surface area contributed by atoms with Crippen molar-refractivity contribution in [3.63, 3.8) is 0 Å². The fourth-order valence-corrected chi connectivity index (χ4v) is 2.67. The molecule has 0 aromatic heterocycles. The van der Waals surface area contributed by atoms with Gasteiger partial charge < -0.3 is 14.8 Å². The molecule has 2 rings (SSSR count). The van der Waals surface area contributed by atoms with Crippen molar-refractivity contribution in [1.82, 2.24) is 5.32 Å². The van der Waals surface area contributed by atoms with Gasteiger partial charge in [-0.3, -0.25) is 9.59 Å². The van der Waals surface area contributed by atoms with Gasteiger partial charge in [-0.25, -0.2) is 0 Å². The summed E-state index contributed by atoms with van der Waals surface area (Å²) >= 11 is 0. The number of methoxy groups -OCH3 is 1. The number of aryl methyl sites for hydroxylation is 2. The van der Waals surface area contributed by atoms with Gasteiger partial charge in [0.1, 0.15) is 5.75 Å². The molecule has 0 unspecified atom stereocenters. The fraction of sp³-hybridized carbons (Fsp3) is 0.364. The van der Waals surface area contributed by atoms with Gasteiger partial charge in [-0.1, -0.05) is 43.3 Å². The van der Waals surface area contributed by atoms with Crippen molar-refractivity contribution in [3.05, 3.63) is 65.2 Å². The van der Waals surface area contributed by atoms with Gasteiger partial charge in [0.15, 0.2) is 6.61 Å². The van der Waals surface area contributed by atoms with Crippen LogP contribution in [-0.2, 0) is 27.2 Å². The van der Waals surface area contributed by atoms with E-state index in [9.17, 15) is 9.59 Å². The molecular formula is C22H27NO4. The van der Waals surface area contributed by atoms with Crippen molar-refractivity contribution in [2.45, 2.75) is 39.2 Å². The highest BCUT2D eigenvalue weighted by Crippen LogP contribution is 2.14. The minimum atomic E-state index is -0.388. The van der Waals surface area contributed by atoms with Crippen LogP contribution >= 0.6 is 0 Å². The highest BCUT2D eigenvalue weighted by molar-refractivity contribution is 5.80. The second-order valence-electron chi connectivity index (χ2n) is 6.39. The lowest BCUT2D eigenvalue weighted by Gasteiger charge is -2.15. The molecule has 2 aromatic carbocycles. The van der Waals surface area contributed by atoms with E-state index in [2.05, 4.69) is 24.4 Å². The number of carbonyl (C=O) groups is 2. The van der Waals surface area contributed by atoms with E-state index in [1.165, 1.54) is 5.56 Å². The Morgan fingerprint density at radius 2 is 1.63 bits per heavy atom. The zero-order chi connectivity index (χ0) is 19.6. The normalized spacial score (nSPS) is 11.5. The molecule has 27 heavy (non-hydrogen) atoms. The number of amides is 1. The highest BCUT2D eigenvalue weighted by atomic mass is 16.5. The molecule has 5 heteroatoms. The summed E-state index contributed by atoms with van der Waals surface area (Å²) < 4.78 is 10.2. The predicted octanol–water partition coefficient (Wildman–Crippen LogP) is 3.61. The molecule has 2 aromatic rings.